The van der Waals surface area contributed by atoms with Crippen molar-refractivity contribution in [2.45, 2.75) is 20.8 Å². The van der Waals surface area contributed by atoms with Crippen LogP contribution < -0.4 is 9.47 Å². The van der Waals surface area contributed by atoms with Crippen molar-refractivity contribution in [3.63, 3.8) is 0 Å². The number of esters is 1. The molecule has 2 aromatic rings. The smallest absolute Gasteiger partial charge is 0.338 e. The molecule has 0 atom stereocenters. The lowest BCUT2D eigenvalue weighted by molar-refractivity contribution is -0.130. The molecule has 0 saturated heterocycles. The van der Waals surface area contributed by atoms with Crippen LogP contribution in [0.25, 0.3) is 11.1 Å². The zero-order valence-corrected chi connectivity index (χ0v) is 13.6. The molecule has 0 heterocycles. The molecule has 2 rings (SSSR count). The molecule has 0 N–H and O–H groups in total. The van der Waals surface area contributed by atoms with Crippen LogP contribution in [0.1, 0.15) is 20.8 Å². The summed E-state index contributed by atoms with van der Waals surface area (Å²) in [5.74, 6) is 1.75. The molecule has 0 unspecified atom stereocenters. The summed E-state index contributed by atoms with van der Waals surface area (Å²) >= 11 is 0. The SMILES string of the molecule is C=C(C)C(=O)Oc1ccc(-c2ccc(O/C(C)=C\C)cc2)cc1. The third-order valence-electron chi connectivity index (χ3n) is 3.29. The summed E-state index contributed by atoms with van der Waals surface area (Å²) in [6.45, 7) is 9.03. The van der Waals surface area contributed by atoms with Gasteiger partial charge < -0.3 is 9.47 Å². The normalized spacial score (nSPS) is 11.0. The molecule has 0 aliphatic rings. The fourth-order valence-corrected chi connectivity index (χ4v) is 1.87. The van der Waals surface area contributed by atoms with Gasteiger partial charge in [-0.3, -0.25) is 0 Å². The lowest BCUT2D eigenvalue weighted by atomic mass is 10.1. The van der Waals surface area contributed by atoms with Crippen LogP contribution in [0.5, 0.6) is 11.5 Å². The van der Waals surface area contributed by atoms with Crippen molar-refractivity contribution in [3.05, 3.63) is 72.5 Å². The summed E-state index contributed by atoms with van der Waals surface area (Å²) in [6.07, 6.45) is 1.92. The molecule has 118 valence electrons. The molecule has 23 heavy (non-hydrogen) atoms. The molecule has 0 aliphatic carbocycles. The van der Waals surface area contributed by atoms with Crippen molar-refractivity contribution >= 4 is 5.97 Å². The average molecular weight is 308 g/mol. The van der Waals surface area contributed by atoms with E-state index in [4.69, 9.17) is 9.47 Å². The monoisotopic (exact) mass is 308 g/mol. The molecule has 0 radical (unpaired) electrons. The van der Waals surface area contributed by atoms with E-state index >= 15 is 0 Å². The Morgan fingerprint density at radius 1 is 0.870 bits per heavy atom. The lowest BCUT2D eigenvalue weighted by Gasteiger charge is -2.08. The van der Waals surface area contributed by atoms with Crippen molar-refractivity contribution in [3.8, 4) is 22.6 Å². The van der Waals surface area contributed by atoms with Gasteiger partial charge >= 0.3 is 5.97 Å². The van der Waals surface area contributed by atoms with E-state index in [1.165, 1.54) is 0 Å². The van der Waals surface area contributed by atoms with Crippen LogP contribution in [0.3, 0.4) is 0 Å². The largest absolute Gasteiger partial charge is 0.462 e. The predicted octanol–water partition coefficient (Wildman–Crippen LogP) is 5.14. The number of carbonyl (C=O) groups excluding carboxylic acids is 1. The summed E-state index contributed by atoms with van der Waals surface area (Å²) in [5, 5.41) is 0. The van der Waals surface area contributed by atoms with Gasteiger partial charge in [0.15, 0.2) is 0 Å². The fourth-order valence-electron chi connectivity index (χ4n) is 1.87. The summed E-state index contributed by atoms with van der Waals surface area (Å²) in [7, 11) is 0. The van der Waals surface area contributed by atoms with E-state index in [1.54, 1.807) is 19.1 Å². The quantitative estimate of drug-likeness (QED) is 0.332. The molecule has 0 saturated carbocycles. The van der Waals surface area contributed by atoms with Gasteiger partial charge in [-0.15, -0.1) is 0 Å². The third kappa shape index (κ3) is 4.58. The highest BCUT2D eigenvalue weighted by Crippen LogP contribution is 2.25. The first-order valence-corrected chi connectivity index (χ1v) is 7.38. The van der Waals surface area contributed by atoms with Gasteiger partial charge in [-0.2, -0.15) is 0 Å². The number of hydrogen-bond acceptors (Lipinski definition) is 3. The van der Waals surface area contributed by atoms with Gasteiger partial charge in [0.2, 0.25) is 0 Å². The number of rotatable bonds is 5. The highest BCUT2D eigenvalue weighted by Gasteiger charge is 2.06. The Kier molecular flexibility index (Phi) is 5.36. The first-order chi connectivity index (χ1) is 11.0. The van der Waals surface area contributed by atoms with Crippen LogP contribution in [0, 0.1) is 0 Å². The van der Waals surface area contributed by atoms with E-state index in [1.807, 2.05) is 56.3 Å². The van der Waals surface area contributed by atoms with Gasteiger partial charge in [0.05, 0.1) is 5.76 Å². The van der Waals surface area contributed by atoms with Crippen LogP contribution in [0.15, 0.2) is 72.5 Å². The summed E-state index contributed by atoms with van der Waals surface area (Å²) in [4.78, 5) is 11.5. The molecule has 2 aromatic carbocycles. The van der Waals surface area contributed by atoms with Crippen LogP contribution >= 0.6 is 0 Å². The molecule has 0 aliphatic heterocycles. The van der Waals surface area contributed by atoms with E-state index in [9.17, 15) is 4.79 Å². The molecule has 0 spiro atoms. The Balaban J connectivity index is 2.10. The van der Waals surface area contributed by atoms with Crippen molar-refractivity contribution in [1.29, 1.82) is 0 Å². The molecule has 0 fully saturated rings. The molecule has 0 aromatic heterocycles. The molecule has 3 heteroatoms. The minimum atomic E-state index is -0.418. The zero-order valence-electron chi connectivity index (χ0n) is 13.6. The van der Waals surface area contributed by atoms with Gasteiger partial charge in [-0.25, -0.2) is 4.79 Å². The second-order valence-corrected chi connectivity index (χ2v) is 5.22. The summed E-state index contributed by atoms with van der Waals surface area (Å²) < 4.78 is 10.8. The number of ether oxygens (including phenoxy) is 2. The van der Waals surface area contributed by atoms with Gasteiger partial charge in [0.25, 0.3) is 0 Å². The Hall–Kier alpha value is -2.81. The Morgan fingerprint density at radius 3 is 1.70 bits per heavy atom. The van der Waals surface area contributed by atoms with E-state index < -0.39 is 5.97 Å². The maximum Gasteiger partial charge on any atom is 0.338 e. The minimum absolute atomic E-state index is 0.376. The van der Waals surface area contributed by atoms with Crippen LogP contribution in [-0.4, -0.2) is 5.97 Å². The van der Waals surface area contributed by atoms with Crippen molar-refractivity contribution in [2.24, 2.45) is 0 Å². The highest BCUT2D eigenvalue weighted by atomic mass is 16.5. The van der Waals surface area contributed by atoms with Gasteiger partial charge in [-0.05, 0) is 62.2 Å². The zero-order chi connectivity index (χ0) is 16.8. The number of hydrogen-bond donors (Lipinski definition) is 0. The first-order valence-electron chi connectivity index (χ1n) is 7.38. The predicted molar refractivity (Wildman–Crippen MR) is 92.4 cm³/mol. The minimum Gasteiger partial charge on any atom is -0.462 e. The van der Waals surface area contributed by atoms with E-state index in [0.717, 1.165) is 22.6 Å². The van der Waals surface area contributed by atoms with Crippen molar-refractivity contribution < 1.29 is 14.3 Å². The average Bonchev–Trinajstić information content (AvgIpc) is 2.56. The highest BCUT2D eigenvalue weighted by molar-refractivity contribution is 5.88. The molecular formula is C20H20O3. The Bertz CT molecular complexity index is 722. The fraction of sp³-hybridized carbons (Fsp3) is 0.150. The number of benzene rings is 2. The second-order valence-electron chi connectivity index (χ2n) is 5.22. The number of carbonyl (C=O) groups is 1. The van der Waals surface area contributed by atoms with Gasteiger partial charge in [-0.1, -0.05) is 30.8 Å². The van der Waals surface area contributed by atoms with Gasteiger partial charge in [0.1, 0.15) is 11.5 Å². The standard InChI is InChI=1S/C20H20O3/c1-5-15(4)22-18-10-6-16(7-11-18)17-8-12-19(13-9-17)23-20(21)14(2)3/h5-13H,2H2,1,3-4H3/b15-5-. The Labute approximate surface area is 136 Å². The topological polar surface area (TPSA) is 35.5 Å². The number of allylic oxidation sites excluding steroid dienone is 2. The maximum absolute atomic E-state index is 11.5. The van der Waals surface area contributed by atoms with Crippen molar-refractivity contribution in [1.82, 2.24) is 0 Å². The van der Waals surface area contributed by atoms with Crippen LogP contribution in [-0.2, 0) is 4.79 Å². The van der Waals surface area contributed by atoms with Gasteiger partial charge in [0, 0.05) is 5.57 Å². The molecular weight excluding hydrogens is 288 g/mol. The molecule has 0 amide bonds. The molecule has 0 bridgehead atoms. The first kappa shape index (κ1) is 16.6. The second kappa shape index (κ2) is 7.45. The molecule has 3 nitrogen and oxygen atoms in total. The Morgan fingerprint density at radius 2 is 1.30 bits per heavy atom. The summed E-state index contributed by atoms with van der Waals surface area (Å²) in [6, 6.07) is 15.2. The van der Waals surface area contributed by atoms with Crippen LogP contribution in [0.2, 0.25) is 0 Å². The third-order valence-corrected chi connectivity index (χ3v) is 3.29. The van der Waals surface area contributed by atoms with Crippen molar-refractivity contribution in [2.75, 3.05) is 0 Å². The van der Waals surface area contributed by atoms with E-state index in [2.05, 4.69) is 6.58 Å². The van der Waals surface area contributed by atoms with E-state index in [-0.39, 0.29) is 0 Å². The lowest BCUT2D eigenvalue weighted by Crippen LogP contribution is -2.07. The maximum atomic E-state index is 11.5. The van der Waals surface area contributed by atoms with Crippen LogP contribution in [0.4, 0.5) is 0 Å². The summed E-state index contributed by atoms with van der Waals surface area (Å²) in [5.41, 5.74) is 2.48. The van der Waals surface area contributed by atoms with E-state index in [0.29, 0.717) is 11.3 Å².